The van der Waals surface area contributed by atoms with Crippen molar-refractivity contribution in [3.63, 3.8) is 0 Å². The van der Waals surface area contributed by atoms with E-state index in [0.29, 0.717) is 0 Å². The van der Waals surface area contributed by atoms with Crippen molar-refractivity contribution in [1.82, 2.24) is 10.2 Å². The molecule has 3 heteroatoms. The molecule has 1 N–H and O–H groups in total. The van der Waals surface area contributed by atoms with Gasteiger partial charge in [0.05, 0.1) is 0 Å². The Bertz CT molecular complexity index is 313. The standard InChI is InChI=1S/C15H26N2S/c1-13(2)10-16-11-14-5-7-17(8-6-14)12-15-4-3-9-18-15/h3-4,9,13-14,16H,5-8,10-12H2,1-2H3. The van der Waals surface area contributed by atoms with Crippen LogP contribution in [0.4, 0.5) is 0 Å². The second-order valence-electron chi connectivity index (χ2n) is 5.85. The van der Waals surface area contributed by atoms with Crippen molar-refractivity contribution in [2.75, 3.05) is 26.2 Å². The fourth-order valence-electron chi connectivity index (χ4n) is 2.55. The molecule has 0 saturated carbocycles. The van der Waals surface area contributed by atoms with Gasteiger partial charge in [0, 0.05) is 11.4 Å². The van der Waals surface area contributed by atoms with Gasteiger partial charge in [-0.3, -0.25) is 4.90 Å². The highest BCUT2D eigenvalue weighted by Crippen LogP contribution is 2.20. The molecule has 0 spiro atoms. The van der Waals surface area contributed by atoms with Gasteiger partial charge >= 0.3 is 0 Å². The molecular formula is C15H26N2S. The van der Waals surface area contributed by atoms with Gasteiger partial charge in [0.25, 0.3) is 0 Å². The highest BCUT2D eigenvalue weighted by atomic mass is 32.1. The Kier molecular flexibility index (Phi) is 5.67. The fourth-order valence-corrected chi connectivity index (χ4v) is 3.29. The van der Waals surface area contributed by atoms with Crippen LogP contribution >= 0.6 is 11.3 Å². The van der Waals surface area contributed by atoms with E-state index in [4.69, 9.17) is 0 Å². The van der Waals surface area contributed by atoms with Crippen LogP contribution in [0.2, 0.25) is 0 Å². The maximum atomic E-state index is 3.60. The number of likely N-dealkylation sites (tertiary alicyclic amines) is 1. The van der Waals surface area contributed by atoms with Crippen molar-refractivity contribution in [3.8, 4) is 0 Å². The average molecular weight is 266 g/mol. The third kappa shape index (κ3) is 4.71. The second kappa shape index (κ2) is 7.27. The van der Waals surface area contributed by atoms with E-state index in [9.17, 15) is 0 Å². The van der Waals surface area contributed by atoms with Crippen molar-refractivity contribution in [2.24, 2.45) is 11.8 Å². The lowest BCUT2D eigenvalue weighted by molar-refractivity contribution is 0.176. The predicted molar refractivity (Wildman–Crippen MR) is 80.0 cm³/mol. The van der Waals surface area contributed by atoms with Crippen molar-refractivity contribution in [2.45, 2.75) is 33.2 Å². The molecule has 0 atom stereocenters. The molecular weight excluding hydrogens is 240 g/mol. The lowest BCUT2D eigenvalue weighted by atomic mass is 9.96. The van der Waals surface area contributed by atoms with E-state index in [0.717, 1.165) is 24.9 Å². The highest BCUT2D eigenvalue weighted by molar-refractivity contribution is 7.09. The molecule has 1 aliphatic rings. The fraction of sp³-hybridized carbons (Fsp3) is 0.733. The van der Waals surface area contributed by atoms with Crippen LogP contribution < -0.4 is 5.32 Å². The monoisotopic (exact) mass is 266 g/mol. The Labute approximate surface area is 115 Å². The Morgan fingerprint density at radius 2 is 2.17 bits per heavy atom. The molecule has 0 aromatic carbocycles. The second-order valence-corrected chi connectivity index (χ2v) is 6.88. The van der Waals surface area contributed by atoms with Crippen molar-refractivity contribution < 1.29 is 0 Å². The van der Waals surface area contributed by atoms with Gasteiger partial charge in [0.2, 0.25) is 0 Å². The van der Waals surface area contributed by atoms with E-state index in [-0.39, 0.29) is 0 Å². The topological polar surface area (TPSA) is 15.3 Å². The zero-order chi connectivity index (χ0) is 12.8. The van der Waals surface area contributed by atoms with Crippen LogP contribution in [0.1, 0.15) is 31.6 Å². The summed E-state index contributed by atoms with van der Waals surface area (Å²) in [6.45, 7) is 10.6. The number of piperidine rings is 1. The molecule has 0 aliphatic carbocycles. The van der Waals surface area contributed by atoms with Gasteiger partial charge in [-0.25, -0.2) is 0 Å². The summed E-state index contributed by atoms with van der Waals surface area (Å²) in [5.74, 6) is 1.66. The predicted octanol–water partition coefficient (Wildman–Crippen LogP) is 3.21. The van der Waals surface area contributed by atoms with Crippen LogP contribution in [0.3, 0.4) is 0 Å². The van der Waals surface area contributed by atoms with Crippen molar-refractivity contribution >= 4 is 11.3 Å². The van der Waals surface area contributed by atoms with Gasteiger partial charge in [0.1, 0.15) is 0 Å². The lowest BCUT2D eigenvalue weighted by Gasteiger charge is -2.31. The molecule has 0 bridgehead atoms. The lowest BCUT2D eigenvalue weighted by Crippen LogP contribution is -2.37. The van der Waals surface area contributed by atoms with Crippen LogP contribution in [0.25, 0.3) is 0 Å². The van der Waals surface area contributed by atoms with Gasteiger partial charge in [-0.1, -0.05) is 19.9 Å². The molecule has 1 aliphatic heterocycles. The minimum atomic E-state index is 0.768. The molecule has 18 heavy (non-hydrogen) atoms. The summed E-state index contributed by atoms with van der Waals surface area (Å²) in [5.41, 5.74) is 0. The summed E-state index contributed by atoms with van der Waals surface area (Å²) in [6, 6.07) is 4.41. The molecule has 1 aromatic rings. The van der Waals surface area contributed by atoms with E-state index in [1.807, 2.05) is 11.3 Å². The molecule has 0 unspecified atom stereocenters. The molecule has 2 rings (SSSR count). The SMILES string of the molecule is CC(C)CNCC1CCN(Cc2cccs2)CC1. The smallest absolute Gasteiger partial charge is 0.0327 e. The molecule has 1 fully saturated rings. The third-order valence-electron chi connectivity index (χ3n) is 3.65. The summed E-state index contributed by atoms with van der Waals surface area (Å²) < 4.78 is 0. The zero-order valence-electron chi connectivity index (χ0n) is 11.7. The van der Waals surface area contributed by atoms with E-state index in [1.165, 1.54) is 37.4 Å². The number of hydrogen-bond donors (Lipinski definition) is 1. The first-order valence-corrected chi connectivity index (χ1v) is 8.07. The van der Waals surface area contributed by atoms with E-state index in [2.05, 4.69) is 41.6 Å². The Morgan fingerprint density at radius 3 is 2.78 bits per heavy atom. The summed E-state index contributed by atoms with van der Waals surface area (Å²) >= 11 is 1.88. The van der Waals surface area contributed by atoms with Crippen LogP contribution in [-0.4, -0.2) is 31.1 Å². The number of thiophene rings is 1. The first-order valence-electron chi connectivity index (χ1n) is 7.19. The molecule has 0 amide bonds. The van der Waals surface area contributed by atoms with E-state index >= 15 is 0 Å². The normalized spacial score (nSPS) is 18.6. The largest absolute Gasteiger partial charge is 0.316 e. The number of rotatable bonds is 6. The van der Waals surface area contributed by atoms with Crippen LogP contribution in [-0.2, 0) is 6.54 Å². The minimum Gasteiger partial charge on any atom is -0.316 e. The van der Waals surface area contributed by atoms with E-state index in [1.54, 1.807) is 0 Å². The first-order chi connectivity index (χ1) is 8.74. The molecule has 2 heterocycles. The quantitative estimate of drug-likeness (QED) is 0.850. The number of nitrogens with one attached hydrogen (secondary N) is 1. The maximum absolute atomic E-state index is 3.60. The van der Waals surface area contributed by atoms with E-state index < -0.39 is 0 Å². The number of hydrogen-bond acceptors (Lipinski definition) is 3. The Balaban J connectivity index is 1.62. The molecule has 1 aromatic heterocycles. The molecule has 102 valence electrons. The van der Waals surface area contributed by atoms with Gasteiger partial charge in [0.15, 0.2) is 0 Å². The van der Waals surface area contributed by atoms with Crippen LogP contribution in [0.5, 0.6) is 0 Å². The van der Waals surface area contributed by atoms with Gasteiger partial charge in [-0.2, -0.15) is 0 Å². The van der Waals surface area contributed by atoms with Gasteiger partial charge in [-0.15, -0.1) is 11.3 Å². The van der Waals surface area contributed by atoms with Crippen LogP contribution in [0.15, 0.2) is 17.5 Å². The van der Waals surface area contributed by atoms with Crippen molar-refractivity contribution in [3.05, 3.63) is 22.4 Å². The maximum Gasteiger partial charge on any atom is 0.0327 e. The Morgan fingerprint density at radius 1 is 1.39 bits per heavy atom. The minimum absolute atomic E-state index is 0.768. The molecule has 0 radical (unpaired) electrons. The summed E-state index contributed by atoms with van der Waals surface area (Å²) in [7, 11) is 0. The van der Waals surface area contributed by atoms with Gasteiger partial charge < -0.3 is 5.32 Å². The summed E-state index contributed by atoms with van der Waals surface area (Å²) in [6.07, 6.45) is 2.72. The molecule has 2 nitrogen and oxygen atoms in total. The zero-order valence-corrected chi connectivity index (χ0v) is 12.5. The average Bonchev–Trinajstić information content (AvgIpc) is 2.84. The van der Waals surface area contributed by atoms with Crippen molar-refractivity contribution in [1.29, 1.82) is 0 Å². The van der Waals surface area contributed by atoms with Crippen LogP contribution in [0, 0.1) is 11.8 Å². The molecule has 1 saturated heterocycles. The van der Waals surface area contributed by atoms with Gasteiger partial charge in [-0.05, 0) is 62.3 Å². The summed E-state index contributed by atoms with van der Waals surface area (Å²) in [4.78, 5) is 4.11. The third-order valence-corrected chi connectivity index (χ3v) is 4.51. The number of nitrogens with zero attached hydrogens (tertiary/aromatic N) is 1. The first kappa shape index (κ1) is 14.0. The summed E-state index contributed by atoms with van der Waals surface area (Å²) in [5, 5.41) is 5.78. The highest BCUT2D eigenvalue weighted by Gasteiger charge is 2.19. The Hall–Kier alpha value is -0.380.